The van der Waals surface area contributed by atoms with Gasteiger partial charge in [-0.3, -0.25) is 9.59 Å². The van der Waals surface area contributed by atoms with E-state index in [9.17, 15) is 14.4 Å². The summed E-state index contributed by atoms with van der Waals surface area (Å²) in [6.45, 7) is -0.203. The smallest absolute Gasteiger partial charge is 0.343 e. The van der Waals surface area contributed by atoms with Crippen LogP contribution in [0.5, 0.6) is 5.75 Å². The number of anilines is 1. The molecule has 0 aliphatic carbocycles. The summed E-state index contributed by atoms with van der Waals surface area (Å²) in [4.78, 5) is 33.2. The predicted octanol–water partition coefficient (Wildman–Crippen LogP) is -0.620. The zero-order chi connectivity index (χ0) is 15.8. The van der Waals surface area contributed by atoms with E-state index in [2.05, 4.69) is 10.1 Å². The first-order valence-corrected chi connectivity index (χ1v) is 6.06. The Morgan fingerprint density at radius 3 is 2.38 bits per heavy atom. The molecule has 0 spiro atoms. The van der Waals surface area contributed by atoms with Crippen molar-refractivity contribution in [2.45, 2.75) is 12.5 Å². The number of hydrogen-bond acceptors (Lipinski definition) is 6. The van der Waals surface area contributed by atoms with Crippen molar-refractivity contribution >= 4 is 23.5 Å². The third kappa shape index (κ3) is 5.91. The van der Waals surface area contributed by atoms with Gasteiger partial charge in [0.05, 0.1) is 19.6 Å². The minimum absolute atomic E-state index is 0.203. The first kappa shape index (κ1) is 16.4. The van der Waals surface area contributed by atoms with Gasteiger partial charge in [-0.1, -0.05) is 0 Å². The van der Waals surface area contributed by atoms with Crippen LogP contribution in [0.2, 0.25) is 0 Å². The summed E-state index contributed by atoms with van der Waals surface area (Å²) < 4.78 is 9.58. The van der Waals surface area contributed by atoms with Crippen molar-refractivity contribution in [2.75, 3.05) is 19.0 Å². The van der Waals surface area contributed by atoms with Crippen molar-refractivity contribution in [1.82, 2.24) is 0 Å². The fraction of sp³-hybridized carbons (Fsp3) is 0.308. The average molecular weight is 295 g/mol. The summed E-state index contributed by atoms with van der Waals surface area (Å²) >= 11 is 0. The summed E-state index contributed by atoms with van der Waals surface area (Å²) in [6, 6.07) is 5.28. The SMILES string of the molecule is COC(=O)COc1ccc(NC(=O)C(N)CC(N)=O)cc1. The van der Waals surface area contributed by atoms with Gasteiger partial charge in [0.25, 0.3) is 0 Å². The van der Waals surface area contributed by atoms with E-state index in [0.717, 1.165) is 0 Å². The fourth-order valence-electron chi connectivity index (χ4n) is 1.38. The van der Waals surface area contributed by atoms with Crippen molar-refractivity contribution in [3.8, 4) is 5.75 Å². The van der Waals surface area contributed by atoms with Crippen LogP contribution in [0.3, 0.4) is 0 Å². The van der Waals surface area contributed by atoms with Crippen molar-refractivity contribution in [3.05, 3.63) is 24.3 Å². The zero-order valence-electron chi connectivity index (χ0n) is 11.5. The molecule has 1 aromatic carbocycles. The molecule has 0 aliphatic heterocycles. The number of hydrogen-bond donors (Lipinski definition) is 3. The average Bonchev–Trinajstić information content (AvgIpc) is 2.45. The maximum atomic E-state index is 11.7. The van der Waals surface area contributed by atoms with Gasteiger partial charge in [0, 0.05) is 5.69 Å². The van der Waals surface area contributed by atoms with Crippen LogP contribution < -0.4 is 21.5 Å². The molecule has 0 saturated carbocycles. The van der Waals surface area contributed by atoms with Crippen LogP contribution in [0.15, 0.2) is 24.3 Å². The number of amides is 2. The number of ether oxygens (including phenoxy) is 2. The number of nitrogens with one attached hydrogen (secondary N) is 1. The van der Waals surface area contributed by atoms with Crippen molar-refractivity contribution in [1.29, 1.82) is 0 Å². The van der Waals surface area contributed by atoms with Crippen LogP contribution in [0.25, 0.3) is 0 Å². The second-order valence-corrected chi connectivity index (χ2v) is 4.16. The van der Waals surface area contributed by atoms with E-state index in [0.29, 0.717) is 11.4 Å². The molecule has 0 saturated heterocycles. The molecule has 114 valence electrons. The topological polar surface area (TPSA) is 134 Å². The maximum absolute atomic E-state index is 11.7. The van der Waals surface area contributed by atoms with Gasteiger partial charge in [-0.15, -0.1) is 0 Å². The highest BCUT2D eigenvalue weighted by molar-refractivity contribution is 5.97. The molecule has 1 unspecified atom stereocenters. The first-order chi connectivity index (χ1) is 9.92. The molecule has 1 rings (SSSR count). The molecule has 0 bridgehead atoms. The van der Waals surface area contributed by atoms with E-state index >= 15 is 0 Å². The van der Waals surface area contributed by atoms with Crippen LogP contribution in [0.4, 0.5) is 5.69 Å². The second kappa shape index (κ2) is 7.85. The number of rotatable bonds is 7. The largest absolute Gasteiger partial charge is 0.482 e. The highest BCUT2D eigenvalue weighted by atomic mass is 16.6. The maximum Gasteiger partial charge on any atom is 0.343 e. The lowest BCUT2D eigenvalue weighted by Crippen LogP contribution is -2.38. The Bertz CT molecular complexity index is 515. The van der Waals surface area contributed by atoms with Gasteiger partial charge in [0.1, 0.15) is 5.75 Å². The molecule has 8 heteroatoms. The summed E-state index contributed by atoms with van der Waals surface area (Å²) in [7, 11) is 1.26. The molecular weight excluding hydrogens is 278 g/mol. The van der Waals surface area contributed by atoms with Gasteiger partial charge in [0.2, 0.25) is 11.8 Å². The van der Waals surface area contributed by atoms with Crippen LogP contribution in [0.1, 0.15) is 6.42 Å². The number of primary amides is 1. The van der Waals surface area contributed by atoms with E-state index in [4.69, 9.17) is 16.2 Å². The van der Waals surface area contributed by atoms with E-state index in [1.165, 1.54) is 7.11 Å². The number of methoxy groups -OCH3 is 1. The Hall–Kier alpha value is -2.61. The molecule has 21 heavy (non-hydrogen) atoms. The van der Waals surface area contributed by atoms with Crippen LogP contribution in [-0.4, -0.2) is 37.5 Å². The zero-order valence-corrected chi connectivity index (χ0v) is 11.5. The Balaban J connectivity index is 2.52. The van der Waals surface area contributed by atoms with Crippen molar-refractivity contribution in [3.63, 3.8) is 0 Å². The summed E-state index contributed by atoms with van der Waals surface area (Å²) in [5.74, 6) is -1.22. The van der Waals surface area contributed by atoms with Gasteiger partial charge < -0.3 is 26.3 Å². The lowest BCUT2D eigenvalue weighted by atomic mass is 10.2. The second-order valence-electron chi connectivity index (χ2n) is 4.16. The van der Waals surface area contributed by atoms with Gasteiger partial charge in [-0.25, -0.2) is 4.79 Å². The standard InChI is InChI=1S/C13H17N3O5/c1-20-12(18)7-21-9-4-2-8(3-5-9)16-13(19)10(14)6-11(15)17/h2-5,10H,6-7,14H2,1H3,(H2,15,17)(H,16,19). The molecule has 0 aromatic heterocycles. The van der Waals surface area contributed by atoms with Crippen molar-refractivity contribution < 1.29 is 23.9 Å². The fourth-order valence-corrected chi connectivity index (χ4v) is 1.38. The van der Waals surface area contributed by atoms with Gasteiger partial charge in [0.15, 0.2) is 6.61 Å². The lowest BCUT2D eigenvalue weighted by Gasteiger charge is -2.11. The van der Waals surface area contributed by atoms with E-state index in [1.54, 1.807) is 24.3 Å². The van der Waals surface area contributed by atoms with Crippen LogP contribution >= 0.6 is 0 Å². The molecular formula is C13H17N3O5. The molecule has 0 heterocycles. The Labute approximate surface area is 121 Å². The summed E-state index contributed by atoms with van der Waals surface area (Å²) in [5.41, 5.74) is 10.9. The molecule has 5 N–H and O–H groups in total. The molecule has 1 atom stereocenters. The highest BCUT2D eigenvalue weighted by Gasteiger charge is 2.15. The molecule has 2 amide bonds. The monoisotopic (exact) mass is 295 g/mol. The third-order valence-electron chi connectivity index (χ3n) is 2.46. The van der Waals surface area contributed by atoms with Crippen LogP contribution in [0, 0.1) is 0 Å². The molecule has 0 fully saturated rings. The van der Waals surface area contributed by atoms with E-state index in [1.807, 2.05) is 0 Å². The highest BCUT2D eigenvalue weighted by Crippen LogP contribution is 2.15. The minimum Gasteiger partial charge on any atom is -0.482 e. The summed E-state index contributed by atoms with van der Waals surface area (Å²) in [6.07, 6.45) is -0.230. The van der Waals surface area contributed by atoms with Gasteiger partial charge >= 0.3 is 5.97 Å². The normalized spacial score (nSPS) is 11.3. The number of carbonyl (C=O) groups is 3. The van der Waals surface area contributed by atoms with Gasteiger partial charge in [-0.05, 0) is 24.3 Å². The van der Waals surface area contributed by atoms with Gasteiger partial charge in [-0.2, -0.15) is 0 Å². The molecule has 8 nitrogen and oxygen atoms in total. The minimum atomic E-state index is -1.00. The summed E-state index contributed by atoms with van der Waals surface area (Å²) in [5, 5.41) is 2.53. The molecule has 1 aromatic rings. The Morgan fingerprint density at radius 2 is 1.86 bits per heavy atom. The first-order valence-electron chi connectivity index (χ1n) is 6.06. The molecule has 0 aliphatic rings. The predicted molar refractivity (Wildman–Crippen MR) is 74.4 cm³/mol. The Morgan fingerprint density at radius 1 is 1.24 bits per heavy atom. The Kier molecular flexibility index (Phi) is 6.15. The third-order valence-corrected chi connectivity index (χ3v) is 2.46. The van der Waals surface area contributed by atoms with Crippen molar-refractivity contribution in [2.24, 2.45) is 11.5 Å². The lowest BCUT2D eigenvalue weighted by molar-refractivity contribution is -0.142. The quantitative estimate of drug-likeness (QED) is 0.574. The van der Waals surface area contributed by atoms with E-state index < -0.39 is 23.8 Å². The number of nitrogens with two attached hydrogens (primary N) is 2. The van der Waals surface area contributed by atoms with Crippen LogP contribution in [-0.2, 0) is 19.1 Å². The number of carbonyl (C=O) groups excluding carboxylic acids is 3. The molecule has 0 radical (unpaired) electrons. The van der Waals surface area contributed by atoms with E-state index in [-0.39, 0.29) is 13.0 Å². The number of benzene rings is 1. The number of esters is 1.